The van der Waals surface area contributed by atoms with Gasteiger partial charge in [-0.15, -0.1) is 11.3 Å². The Morgan fingerprint density at radius 2 is 1.84 bits per heavy atom. The van der Waals surface area contributed by atoms with Crippen molar-refractivity contribution in [3.05, 3.63) is 86.6 Å². The van der Waals surface area contributed by atoms with Crippen molar-refractivity contribution in [3.8, 4) is 5.75 Å². The molecule has 0 unspecified atom stereocenters. The van der Waals surface area contributed by atoms with Gasteiger partial charge < -0.3 is 9.64 Å². The van der Waals surface area contributed by atoms with Crippen LogP contribution in [0.15, 0.2) is 53.9 Å². The predicted octanol–water partition coefficient (Wildman–Crippen LogP) is 5.22. The van der Waals surface area contributed by atoms with E-state index in [2.05, 4.69) is 0 Å². The summed E-state index contributed by atoms with van der Waals surface area (Å²) >= 11 is 7.36. The van der Waals surface area contributed by atoms with Crippen molar-refractivity contribution in [2.24, 2.45) is 0 Å². The van der Waals surface area contributed by atoms with Crippen LogP contribution < -0.4 is 4.74 Å². The van der Waals surface area contributed by atoms with E-state index < -0.39 is 11.6 Å². The first-order valence-corrected chi connectivity index (χ1v) is 11.2. The fraction of sp³-hybridized carbons (Fsp3) is 0.261. The van der Waals surface area contributed by atoms with E-state index in [0.717, 1.165) is 11.6 Å². The van der Waals surface area contributed by atoms with Crippen molar-refractivity contribution < 1.29 is 18.3 Å². The van der Waals surface area contributed by atoms with E-state index in [1.807, 2.05) is 28.5 Å². The van der Waals surface area contributed by atoms with Gasteiger partial charge >= 0.3 is 0 Å². The third-order valence-electron chi connectivity index (χ3n) is 5.15. The van der Waals surface area contributed by atoms with Gasteiger partial charge in [-0.1, -0.05) is 29.8 Å². The van der Waals surface area contributed by atoms with Gasteiger partial charge in [-0.25, -0.2) is 8.78 Å². The molecule has 3 aromatic rings. The Kier molecular flexibility index (Phi) is 6.85. The molecule has 8 heteroatoms. The van der Waals surface area contributed by atoms with Crippen LogP contribution in [0.2, 0.25) is 5.02 Å². The number of hydrogen-bond acceptors (Lipinski definition) is 4. The summed E-state index contributed by atoms with van der Waals surface area (Å²) < 4.78 is 33.0. The van der Waals surface area contributed by atoms with Gasteiger partial charge in [0.05, 0.1) is 4.88 Å². The molecule has 1 aliphatic rings. The molecule has 0 saturated carbocycles. The lowest BCUT2D eigenvalue weighted by molar-refractivity contribution is 0.0631. The van der Waals surface area contributed by atoms with Gasteiger partial charge in [0, 0.05) is 48.9 Å². The van der Waals surface area contributed by atoms with Crippen molar-refractivity contribution >= 4 is 28.8 Å². The van der Waals surface area contributed by atoms with Crippen LogP contribution >= 0.6 is 22.9 Å². The van der Waals surface area contributed by atoms with Crippen molar-refractivity contribution in [1.82, 2.24) is 9.80 Å². The van der Waals surface area contributed by atoms with Gasteiger partial charge in [0.1, 0.15) is 12.4 Å². The standard InChI is InChI=1S/C23H21ClF2N2O2S/c24-18-4-2-5-19(12-18)30-14-16-11-21(31-15-16)23(29)28-9-7-27(8-10-28)13-17-3-1-6-20(25)22(17)26/h1-6,11-12,15H,7-10,13-14H2. The normalized spacial score (nSPS) is 14.6. The van der Waals surface area contributed by atoms with Gasteiger partial charge in [-0.3, -0.25) is 9.69 Å². The minimum Gasteiger partial charge on any atom is -0.489 e. The number of thiophene rings is 1. The summed E-state index contributed by atoms with van der Waals surface area (Å²) in [6.45, 7) is 2.99. The summed E-state index contributed by atoms with van der Waals surface area (Å²) in [7, 11) is 0. The van der Waals surface area contributed by atoms with Gasteiger partial charge in [0.15, 0.2) is 11.6 Å². The molecule has 0 radical (unpaired) electrons. The maximum absolute atomic E-state index is 13.9. The van der Waals surface area contributed by atoms with Crippen molar-refractivity contribution in [1.29, 1.82) is 0 Å². The van der Waals surface area contributed by atoms with E-state index in [1.165, 1.54) is 17.4 Å². The molecule has 0 N–H and O–H groups in total. The molecule has 31 heavy (non-hydrogen) atoms. The Labute approximate surface area is 188 Å². The second-order valence-corrected chi connectivity index (χ2v) is 8.69. The fourth-order valence-electron chi connectivity index (χ4n) is 3.46. The quantitative estimate of drug-likeness (QED) is 0.503. The number of halogens is 3. The number of ether oxygens (including phenoxy) is 1. The largest absolute Gasteiger partial charge is 0.489 e. The number of nitrogens with zero attached hydrogens (tertiary/aromatic N) is 2. The third-order valence-corrected chi connectivity index (χ3v) is 6.35. The molecule has 0 bridgehead atoms. The Bertz CT molecular complexity index is 1070. The van der Waals surface area contributed by atoms with Gasteiger partial charge in [-0.05, 0) is 35.7 Å². The van der Waals surface area contributed by atoms with Crippen LogP contribution in [0.25, 0.3) is 0 Å². The molecule has 1 saturated heterocycles. The summed E-state index contributed by atoms with van der Waals surface area (Å²) in [5, 5.41) is 2.53. The molecule has 2 heterocycles. The maximum Gasteiger partial charge on any atom is 0.264 e. The van der Waals surface area contributed by atoms with E-state index in [-0.39, 0.29) is 5.91 Å². The highest BCUT2D eigenvalue weighted by molar-refractivity contribution is 7.12. The first-order valence-electron chi connectivity index (χ1n) is 9.90. The molecular formula is C23H21ClF2N2O2S. The molecule has 2 aromatic carbocycles. The monoisotopic (exact) mass is 462 g/mol. The van der Waals surface area contributed by atoms with E-state index in [0.29, 0.717) is 60.5 Å². The summed E-state index contributed by atoms with van der Waals surface area (Å²) in [6, 6.07) is 13.3. The number of rotatable bonds is 6. The highest BCUT2D eigenvalue weighted by atomic mass is 35.5. The van der Waals surface area contributed by atoms with Crippen molar-refractivity contribution in [2.45, 2.75) is 13.2 Å². The summed E-state index contributed by atoms with van der Waals surface area (Å²) in [5.74, 6) is -0.973. The summed E-state index contributed by atoms with van der Waals surface area (Å²) in [4.78, 5) is 17.3. The molecule has 1 fully saturated rings. The van der Waals surface area contributed by atoms with Crippen LogP contribution in [0.4, 0.5) is 8.78 Å². The fourth-order valence-corrected chi connectivity index (χ4v) is 4.51. The lowest BCUT2D eigenvalue weighted by Gasteiger charge is -2.34. The highest BCUT2D eigenvalue weighted by Crippen LogP contribution is 2.22. The first kappa shape index (κ1) is 21.7. The van der Waals surface area contributed by atoms with Crippen LogP contribution in [-0.2, 0) is 13.2 Å². The van der Waals surface area contributed by atoms with Gasteiger partial charge in [-0.2, -0.15) is 0 Å². The van der Waals surface area contributed by atoms with E-state index in [1.54, 1.807) is 23.1 Å². The molecule has 162 valence electrons. The van der Waals surface area contributed by atoms with Crippen LogP contribution in [0.1, 0.15) is 20.8 Å². The van der Waals surface area contributed by atoms with Gasteiger partial charge in [0.2, 0.25) is 0 Å². The zero-order valence-corrected chi connectivity index (χ0v) is 18.3. The van der Waals surface area contributed by atoms with Crippen LogP contribution in [0.5, 0.6) is 5.75 Å². The number of amides is 1. The zero-order chi connectivity index (χ0) is 21.8. The number of benzene rings is 2. The number of carbonyl (C=O) groups is 1. The minimum atomic E-state index is -0.834. The number of carbonyl (C=O) groups excluding carboxylic acids is 1. The molecule has 4 nitrogen and oxygen atoms in total. The number of hydrogen-bond donors (Lipinski definition) is 0. The van der Waals surface area contributed by atoms with E-state index in [4.69, 9.17) is 16.3 Å². The van der Waals surface area contributed by atoms with E-state index in [9.17, 15) is 13.6 Å². The smallest absolute Gasteiger partial charge is 0.264 e. The van der Waals surface area contributed by atoms with Crippen LogP contribution in [-0.4, -0.2) is 41.9 Å². The summed E-state index contributed by atoms with van der Waals surface area (Å²) in [5.41, 5.74) is 1.26. The molecule has 0 spiro atoms. The Hall–Kier alpha value is -2.48. The molecule has 0 atom stereocenters. The van der Waals surface area contributed by atoms with Gasteiger partial charge in [0.25, 0.3) is 5.91 Å². The first-order chi connectivity index (χ1) is 15.0. The average Bonchev–Trinajstić information content (AvgIpc) is 3.25. The molecule has 0 aliphatic carbocycles. The van der Waals surface area contributed by atoms with Crippen molar-refractivity contribution in [3.63, 3.8) is 0 Å². The average molecular weight is 463 g/mol. The Morgan fingerprint density at radius 3 is 2.61 bits per heavy atom. The Morgan fingerprint density at radius 1 is 1.06 bits per heavy atom. The lowest BCUT2D eigenvalue weighted by Crippen LogP contribution is -2.48. The predicted molar refractivity (Wildman–Crippen MR) is 118 cm³/mol. The molecular weight excluding hydrogens is 442 g/mol. The third kappa shape index (κ3) is 5.42. The minimum absolute atomic E-state index is 0.0180. The van der Waals surface area contributed by atoms with Crippen LogP contribution in [0.3, 0.4) is 0 Å². The van der Waals surface area contributed by atoms with Crippen molar-refractivity contribution in [2.75, 3.05) is 26.2 Å². The molecule has 1 aromatic heterocycles. The Balaban J connectivity index is 1.29. The molecule has 1 aliphatic heterocycles. The highest BCUT2D eigenvalue weighted by Gasteiger charge is 2.24. The zero-order valence-electron chi connectivity index (χ0n) is 16.7. The van der Waals surface area contributed by atoms with Crippen LogP contribution in [0, 0.1) is 11.6 Å². The second kappa shape index (κ2) is 9.77. The summed E-state index contributed by atoms with van der Waals surface area (Å²) in [6.07, 6.45) is 0. The topological polar surface area (TPSA) is 32.8 Å². The number of piperazine rings is 1. The second-order valence-electron chi connectivity index (χ2n) is 7.35. The molecule has 4 rings (SSSR count). The SMILES string of the molecule is O=C(c1cc(COc2cccc(Cl)c2)cs1)N1CCN(Cc2cccc(F)c2F)CC1. The molecule has 1 amide bonds. The van der Waals surface area contributed by atoms with E-state index >= 15 is 0 Å². The maximum atomic E-state index is 13.9. The lowest BCUT2D eigenvalue weighted by atomic mass is 10.1.